The molecule has 0 amide bonds. The summed E-state index contributed by atoms with van der Waals surface area (Å²) in [6, 6.07) is 8.71. The molecule has 3 heterocycles. The van der Waals surface area contributed by atoms with Crippen LogP contribution in [-0.2, 0) is 22.3 Å². The molecule has 0 atom stereocenters. The van der Waals surface area contributed by atoms with Crippen molar-refractivity contribution in [1.82, 2.24) is 24.1 Å². The van der Waals surface area contributed by atoms with Crippen molar-refractivity contribution in [3.63, 3.8) is 0 Å². The minimum absolute atomic E-state index is 0.260. The summed E-state index contributed by atoms with van der Waals surface area (Å²) >= 11 is 1.48. The molecule has 0 N–H and O–H groups in total. The lowest BCUT2D eigenvalue weighted by atomic mass is 10.3. The van der Waals surface area contributed by atoms with E-state index in [9.17, 15) is 8.42 Å². The van der Waals surface area contributed by atoms with Crippen LogP contribution in [0.3, 0.4) is 0 Å². The fourth-order valence-corrected chi connectivity index (χ4v) is 5.90. The zero-order valence-corrected chi connectivity index (χ0v) is 20.5. The van der Waals surface area contributed by atoms with Crippen molar-refractivity contribution >= 4 is 32.8 Å². The Labute approximate surface area is 197 Å². The molecule has 1 aromatic carbocycles. The van der Waals surface area contributed by atoms with Crippen molar-refractivity contribution in [2.45, 2.75) is 56.0 Å². The summed E-state index contributed by atoms with van der Waals surface area (Å²) in [4.78, 5) is 5.02. The topological polar surface area (TPSA) is 107 Å². The molecule has 4 rings (SSSR count). The van der Waals surface area contributed by atoms with E-state index in [1.165, 1.54) is 16.1 Å². The third kappa shape index (κ3) is 4.85. The molecule has 4 aromatic rings. The number of imidazole rings is 1. The molecular weight excluding hydrogens is 462 g/mol. The minimum atomic E-state index is -3.55. The highest BCUT2D eigenvalue weighted by Crippen LogP contribution is 2.30. The standard InChI is InChI=1S/C22H27N5O4S2/c1-4-7-12-27-18-11-10-16(33(28,29)26(5-2)6-3)14-17(18)23-22(27)32-15-20-24-25-21(31-20)19-9-8-13-30-19/h8-11,13-14H,4-7,12,15H2,1-3H3. The number of rotatable bonds is 11. The Morgan fingerprint density at radius 1 is 1.12 bits per heavy atom. The molecule has 0 fully saturated rings. The number of aryl methyl sites for hydroxylation is 1. The number of sulfonamides is 1. The van der Waals surface area contributed by atoms with E-state index in [0.717, 1.165) is 30.1 Å². The van der Waals surface area contributed by atoms with Gasteiger partial charge in [0.2, 0.25) is 15.9 Å². The summed E-state index contributed by atoms with van der Waals surface area (Å²) < 4.78 is 40.5. The van der Waals surface area contributed by atoms with E-state index >= 15 is 0 Å². The first kappa shape index (κ1) is 23.5. The molecule has 0 bridgehead atoms. The smallest absolute Gasteiger partial charge is 0.283 e. The van der Waals surface area contributed by atoms with E-state index in [1.54, 1.807) is 30.5 Å². The molecule has 11 heteroatoms. The number of benzene rings is 1. The van der Waals surface area contributed by atoms with E-state index in [1.807, 2.05) is 19.9 Å². The Kier molecular flexibility index (Phi) is 7.20. The van der Waals surface area contributed by atoms with Gasteiger partial charge in [-0.15, -0.1) is 10.2 Å². The van der Waals surface area contributed by atoms with Crippen molar-refractivity contribution < 1.29 is 17.3 Å². The number of hydrogen-bond acceptors (Lipinski definition) is 8. The molecule has 0 unspecified atom stereocenters. The highest BCUT2D eigenvalue weighted by atomic mass is 32.2. The van der Waals surface area contributed by atoms with Crippen LogP contribution >= 0.6 is 11.8 Å². The largest absolute Gasteiger partial charge is 0.459 e. The lowest BCUT2D eigenvalue weighted by Crippen LogP contribution is -2.30. The monoisotopic (exact) mass is 489 g/mol. The van der Waals surface area contributed by atoms with E-state index in [0.29, 0.717) is 41.9 Å². The predicted molar refractivity (Wildman–Crippen MR) is 126 cm³/mol. The second-order valence-electron chi connectivity index (χ2n) is 7.41. The van der Waals surface area contributed by atoms with Crippen LogP contribution in [0.4, 0.5) is 0 Å². The van der Waals surface area contributed by atoms with Crippen LogP contribution in [-0.4, -0.2) is 45.6 Å². The van der Waals surface area contributed by atoms with E-state index < -0.39 is 10.0 Å². The Morgan fingerprint density at radius 3 is 2.64 bits per heavy atom. The SMILES string of the molecule is CCCCn1c(SCc2nnc(-c3ccco3)o2)nc2cc(S(=O)(=O)N(CC)CC)ccc21. The van der Waals surface area contributed by atoms with Gasteiger partial charge in [0.05, 0.1) is 27.9 Å². The van der Waals surface area contributed by atoms with Crippen molar-refractivity contribution in [2.24, 2.45) is 0 Å². The van der Waals surface area contributed by atoms with Gasteiger partial charge in [-0.1, -0.05) is 39.0 Å². The number of hydrogen-bond donors (Lipinski definition) is 0. The van der Waals surface area contributed by atoms with Gasteiger partial charge < -0.3 is 13.4 Å². The Balaban J connectivity index is 1.62. The summed E-state index contributed by atoms with van der Waals surface area (Å²) in [5, 5.41) is 8.92. The van der Waals surface area contributed by atoms with Crippen LogP contribution in [0.15, 0.2) is 55.5 Å². The normalized spacial score (nSPS) is 12.2. The number of unbranched alkanes of at least 4 members (excludes halogenated alkanes) is 1. The molecule has 0 saturated carbocycles. The molecule has 33 heavy (non-hydrogen) atoms. The number of aromatic nitrogens is 4. The molecule has 0 radical (unpaired) electrons. The van der Waals surface area contributed by atoms with Crippen molar-refractivity contribution in [3.8, 4) is 11.7 Å². The first-order valence-corrected chi connectivity index (χ1v) is 13.4. The summed E-state index contributed by atoms with van der Waals surface area (Å²) in [7, 11) is -3.55. The molecule has 3 aromatic heterocycles. The second-order valence-corrected chi connectivity index (χ2v) is 10.3. The fraction of sp³-hybridized carbons (Fsp3) is 0.409. The maximum absolute atomic E-state index is 13.0. The van der Waals surface area contributed by atoms with Gasteiger partial charge in [-0.05, 0) is 36.8 Å². The van der Waals surface area contributed by atoms with Gasteiger partial charge in [0.25, 0.3) is 5.89 Å². The highest BCUT2D eigenvalue weighted by molar-refractivity contribution is 7.98. The Hall–Kier alpha value is -2.63. The number of thioether (sulfide) groups is 1. The first-order valence-electron chi connectivity index (χ1n) is 11.0. The Bertz CT molecular complexity index is 1310. The van der Waals surface area contributed by atoms with Crippen LogP contribution in [0.25, 0.3) is 22.7 Å². The zero-order valence-electron chi connectivity index (χ0n) is 18.9. The summed E-state index contributed by atoms with van der Waals surface area (Å²) in [6.07, 6.45) is 3.58. The quantitative estimate of drug-likeness (QED) is 0.276. The number of fused-ring (bicyclic) bond motifs is 1. The van der Waals surface area contributed by atoms with Gasteiger partial charge in [-0.2, -0.15) is 4.31 Å². The maximum Gasteiger partial charge on any atom is 0.283 e. The van der Waals surface area contributed by atoms with Gasteiger partial charge in [0, 0.05) is 19.6 Å². The molecule has 9 nitrogen and oxygen atoms in total. The minimum Gasteiger partial charge on any atom is -0.459 e. The van der Waals surface area contributed by atoms with Gasteiger partial charge >= 0.3 is 0 Å². The van der Waals surface area contributed by atoms with Crippen LogP contribution in [0.5, 0.6) is 0 Å². The van der Waals surface area contributed by atoms with Crippen molar-refractivity contribution in [2.75, 3.05) is 13.1 Å². The second kappa shape index (κ2) is 10.1. The first-order chi connectivity index (χ1) is 16.0. The summed E-state index contributed by atoms with van der Waals surface area (Å²) in [6.45, 7) is 7.44. The average Bonchev–Trinajstić information content (AvgIpc) is 3.56. The van der Waals surface area contributed by atoms with Crippen LogP contribution in [0, 0.1) is 0 Å². The van der Waals surface area contributed by atoms with Crippen molar-refractivity contribution in [1.29, 1.82) is 0 Å². The molecular formula is C22H27N5O4S2. The average molecular weight is 490 g/mol. The molecule has 0 aliphatic rings. The van der Waals surface area contributed by atoms with Gasteiger partial charge in [0.15, 0.2) is 10.9 Å². The zero-order chi connectivity index (χ0) is 23.4. The van der Waals surface area contributed by atoms with Gasteiger partial charge in [-0.25, -0.2) is 13.4 Å². The lowest BCUT2D eigenvalue weighted by Gasteiger charge is -2.18. The van der Waals surface area contributed by atoms with Crippen LogP contribution in [0.1, 0.15) is 39.5 Å². The molecule has 0 aliphatic carbocycles. The van der Waals surface area contributed by atoms with Crippen LogP contribution < -0.4 is 0 Å². The van der Waals surface area contributed by atoms with Gasteiger partial charge in [0.1, 0.15) is 0 Å². The molecule has 0 saturated heterocycles. The fourth-order valence-electron chi connectivity index (χ4n) is 3.54. The molecule has 0 spiro atoms. The van der Waals surface area contributed by atoms with E-state index in [-0.39, 0.29) is 4.90 Å². The van der Waals surface area contributed by atoms with E-state index in [2.05, 4.69) is 21.7 Å². The Morgan fingerprint density at radius 2 is 1.94 bits per heavy atom. The van der Waals surface area contributed by atoms with Crippen molar-refractivity contribution in [3.05, 3.63) is 42.5 Å². The van der Waals surface area contributed by atoms with Gasteiger partial charge in [-0.3, -0.25) is 0 Å². The number of nitrogens with zero attached hydrogens (tertiary/aromatic N) is 5. The third-order valence-corrected chi connectivity index (χ3v) is 8.29. The predicted octanol–water partition coefficient (Wildman–Crippen LogP) is 4.80. The van der Waals surface area contributed by atoms with Crippen LogP contribution in [0.2, 0.25) is 0 Å². The third-order valence-electron chi connectivity index (χ3n) is 5.29. The highest BCUT2D eigenvalue weighted by Gasteiger charge is 2.23. The lowest BCUT2D eigenvalue weighted by molar-refractivity contribution is 0.445. The number of furan rings is 1. The summed E-state index contributed by atoms with van der Waals surface area (Å²) in [5.41, 5.74) is 1.56. The maximum atomic E-state index is 13.0. The molecule has 176 valence electrons. The summed E-state index contributed by atoms with van der Waals surface area (Å²) in [5.74, 6) is 1.76. The molecule has 0 aliphatic heterocycles. The van der Waals surface area contributed by atoms with E-state index in [4.69, 9.17) is 13.8 Å².